The Kier molecular flexibility index (Phi) is 6.38. The number of anilines is 1. The highest BCUT2D eigenvalue weighted by atomic mass is 35.5. The van der Waals surface area contributed by atoms with Crippen molar-refractivity contribution in [3.8, 4) is 0 Å². The molecule has 0 fully saturated rings. The predicted molar refractivity (Wildman–Crippen MR) is 96.0 cm³/mol. The lowest BCUT2D eigenvalue weighted by molar-refractivity contribution is 0.0945. The minimum absolute atomic E-state index is 0.0320. The van der Waals surface area contributed by atoms with Crippen LogP contribution in [-0.4, -0.2) is 32.6 Å². The van der Waals surface area contributed by atoms with Crippen LogP contribution in [0.4, 0.5) is 5.69 Å². The van der Waals surface area contributed by atoms with E-state index in [1.807, 2.05) is 30.3 Å². The van der Waals surface area contributed by atoms with Gasteiger partial charge in [0.2, 0.25) is 10.0 Å². The van der Waals surface area contributed by atoms with Crippen molar-refractivity contribution in [3.63, 3.8) is 0 Å². The number of benzene rings is 2. The number of rotatable bonds is 7. The number of nitrogens with two attached hydrogens (primary N) is 1. The number of carbonyl (C=O) groups is 1. The maximum atomic E-state index is 12.3. The summed E-state index contributed by atoms with van der Waals surface area (Å²) in [5.41, 5.74) is 1.39. The highest BCUT2D eigenvalue weighted by molar-refractivity contribution is 7.89. The molecule has 0 aliphatic rings. The van der Waals surface area contributed by atoms with Gasteiger partial charge in [0.05, 0.1) is 17.2 Å². The zero-order valence-corrected chi connectivity index (χ0v) is 14.8. The van der Waals surface area contributed by atoms with E-state index in [4.69, 9.17) is 21.8 Å². The van der Waals surface area contributed by atoms with Crippen molar-refractivity contribution in [1.29, 1.82) is 0 Å². The molecule has 5 N–H and O–H groups in total. The first-order valence-electron chi connectivity index (χ1n) is 7.36. The first kappa shape index (κ1) is 19.2. The predicted octanol–water partition coefficient (Wildman–Crippen LogP) is 1.32. The van der Waals surface area contributed by atoms with Gasteiger partial charge in [-0.3, -0.25) is 4.79 Å². The quantitative estimate of drug-likeness (QED) is 0.574. The molecule has 2 rings (SSSR count). The molecule has 7 nitrogen and oxygen atoms in total. The molecular weight excluding hydrogens is 366 g/mol. The van der Waals surface area contributed by atoms with Gasteiger partial charge in [-0.05, 0) is 17.7 Å². The van der Waals surface area contributed by atoms with Crippen LogP contribution in [0.5, 0.6) is 0 Å². The highest BCUT2D eigenvalue weighted by Gasteiger charge is 2.20. The Labute approximate surface area is 150 Å². The van der Waals surface area contributed by atoms with Crippen LogP contribution in [0, 0.1) is 0 Å². The second kappa shape index (κ2) is 8.30. The van der Waals surface area contributed by atoms with Crippen LogP contribution in [0.2, 0.25) is 5.02 Å². The second-order valence-electron chi connectivity index (χ2n) is 5.19. The molecular formula is C16H18ClN3O4S. The van der Waals surface area contributed by atoms with Crippen molar-refractivity contribution in [3.05, 3.63) is 58.6 Å². The number of hydrogen-bond acceptors (Lipinski definition) is 5. The third kappa shape index (κ3) is 5.17. The minimum Gasteiger partial charge on any atom is -0.395 e. The normalized spacial score (nSPS) is 11.2. The number of aliphatic hydroxyl groups is 1. The number of aliphatic hydroxyl groups excluding tert-OH is 1. The standard InChI is InChI=1S/C16H18ClN3O4S/c17-13-9-14(20-10-11-4-2-1-3-5-11)12(16(22)19-6-7-21)8-15(13)25(18,23)24/h1-5,8-9,20-21H,6-7,10H2,(H,19,22)(H2,18,23,24). The molecule has 25 heavy (non-hydrogen) atoms. The zero-order valence-electron chi connectivity index (χ0n) is 13.2. The van der Waals surface area contributed by atoms with Crippen LogP contribution < -0.4 is 15.8 Å². The fourth-order valence-corrected chi connectivity index (χ4v) is 3.26. The lowest BCUT2D eigenvalue weighted by atomic mass is 10.1. The molecule has 2 aromatic carbocycles. The Morgan fingerprint density at radius 1 is 1.20 bits per heavy atom. The van der Waals surface area contributed by atoms with Gasteiger partial charge in [0.1, 0.15) is 4.90 Å². The summed E-state index contributed by atoms with van der Waals surface area (Å²) < 4.78 is 23.3. The summed E-state index contributed by atoms with van der Waals surface area (Å²) >= 11 is 6.01. The molecule has 0 aliphatic carbocycles. The minimum atomic E-state index is -4.08. The van der Waals surface area contributed by atoms with Gasteiger partial charge >= 0.3 is 0 Å². The number of hydrogen-bond donors (Lipinski definition) is 4. The summed E-state index contributed by atoms with van der Waals surface area (Å²) in [5, 5.41) is 19.4. The summed E-state index contributed by atoms with van der Waals surface area (Å²) in [7, 11) is -4.08. The molecule has 134 valence electrons. The van der Waals surface area contributed by atoms with Gasteiger partial charge in [-0.1, -0.05) is 41.9 Å². The van der Waals surface area contributed by atoms with Crippen molar-refractivity contribution >= 4 is 33.2 Å². The summed E-state index contributed by atoms with van der Waals surface area (Å²) in [6.07, 6.45) is 0. The van der Waals surface area contributed by atoms with Gasteiger partial charge in [0.15, 0.2) is 0 Å². The molecule has 0 saturated carbocycles. The van der Waals surface area contributed by atoms with Crippen LogP contribution >= 0.6 is 11.6 Å². The van der Waals surface area contributed by atoms with Gasteiger partial charge in [-0.25, -0.2) is 13.6 Å². The molecule has 0 bridgehead atoms. The van der Waals surface area contributed by atoms with Crippen LogP contribution in [0.3, 0.4) is 0 Å². The third-order valence-corrected chi connectivity index (χ3v) is 4.72. The highest BCUT2D eigenvalue weighted by Crippen LogP contribution is 2.28. The fraction of sp³-hybridized carbons (Fsp3) is 0.188. The summed E-state index contributed by atoms with van der Waals surface area (Å²) in [6.45, 7) is 0.199. The Hall–Kier alpha value is -2.13. The number of carbonyl (C=O) groups excluding carboxylic acids is 1. The van der Waals surface area contributed by atoms with Crippen LogP contribution in [-0.2, 0) is 16.6 Å². The van der Waals surface area contributed by atoms with Crippen molar-refractivity contribution in [2.75, 3.05) is 18.5 Å². The zero-order chi connectivity index (χ0) is 18.4. The molecule has 0 radical (unpaired) electrons. The first-order chi connectivity index (χ1) is 11.8. The Bertz CT molecular complexity index is 857. The maximum Gasteiger partial charge on any atom is 0.253 e. The molecule has 0 aliphatic heterocycles. The average molecular weight is 384 g/mol. The van der Waals surface area contributed by atoms with Crippen LogP contribution in [0.25, 0.3) is 0 Å². The summed E-state index contributed by atoms with van der Waals surface area (Å²) in [4.78, 5) is 11.9. The lowest BCUT2D eigenvalue weighted by Crippen LogP contribution is -2.27. The lowest BCUT2D eigenvalue weighted by Gasteiger charge is -2.15. The molecule has 0 unspecified atom stereocenters. The van der Waals surface area contributed by atoms with E-state index in [9.17, 15) is 13.2 Å². The van der Waals surface area contributed by atoms with Crippen LogP contribution in [0.15, 0.2) is 47.4 Å². The molecule has 2 aromatic rings. The van der Waals surface area contributed by atoms with Crippen molar-refractivity contribution in [1.82, 2.24) is 5.32 Å². The molecule has 9 heteroatoms. The van der Waals surface area contributed by atoms with Gasteiger partial charge in [0, 0.05) is 18.8 Å². The van der Waals surface area contributed by atoms with Gasteiger partial charge in [-0.2, -0.15) is 0 Å². The molecule has 1 amide bonds. The van der Waals surface area contributed by atoms with E-state index >= 15 is 0 Å². The van der Waals surface area contributed by atoms with Gasteiger partial charge in [-0.15, -0.1) is 0 Å². The van der Waals surface area contributed by atoms with Crippen molar-refractivity contribution in [2.45, 2.75) is 11.4 Å². The fourth-order valence-electron chi connectivity index (χ4n) is 2.16. The number of halogens is 1. The van der Waals surface area contributed by atoms with E-state index in [0.29, 0.717) is 12.2 Å². The molecule has 0 aromatic heterocycles. The monoisotopic (exact) mass is 383 g/mol. The average Bonchev–Trinajstić information content (AvgIpc) is 2.57. The first-order valence-corrected chi connectivity index (χ1v) is 9.28. The van der Waals surface area contributed by atoms with Crippen LogP contribution in [0.1, 0.15) is 15.9 Å². The largest absolute Gasteiger partial charge is 0.395 e. The molecule has 0 heterocycles. The number of primary sulfonamides is 1. The van der Waals surface area contributed by atoms with E-state index in [1.165, 1.54) is 6.07 Å². The van der Waals surface area contributed by atoms with E-state index in [-0.39, 0.29) is 28.6 Å². The third-order valence-electron chi connectivity index (χ3n) is 3.35. The number of sulfonamides is 1. The van der Waals surface area contributed by atoms with E-state index < -0.39 is 15.9 Å². The maximum absolute atomic E-state index is 12.3. The Morgan fingerprint density at radius 3 is 2.48 bits per heavy atom. The second-order valence-corrected chi connectivity index (χ2v) is 7.13. The number of nitrogens with one attached hydrogen (secondary N) is 2. The summed E-state index contributed by atoms with van der Waals surface area (Å²) in [5.74, 6) is -0.550. The SMILES string of the molecule is NS(=O)(=O)c1cc(C(=O)NCCO)c(NCc2ccccc2)cc1Cl. The van der Waals surface area contributed by atoms with Crippen molar-refractivity contribution < 1.29 is 18.3 Å². The van der Waals surface area contributed by atoms with E-state index in [1.54, 1.807) is 0 Å². The van der Waals surface area contributed by atoms with Gasteiger partial charge in [0.25, 0.3) is 5.91 Å². The topological polar surface area (TPSA) is 122 Å². The van der Waals surface area contributed by atoms with E-state index in [0.717, 1.165) is 11.6 Å². The van der Waals surface area contributed by atoms with E-state index in [2.05, 4.69) is 10.6 Å². The molecule has 0 saturated heterocycles. The molecule has 0 spiro atoms. The number of amides is 1. The Balaban J connectivity index is 2.38. The van der Waals surface area contributed by atoms with Gasteiger partial charge < -0.3 is 15.7 Å². The van der Waals surface area contributed by atoms with Crippen molar-refractivity contribution in [2.24, 2.45) is 5.14 Å². The summed E-state index contributed by atoms with van der Waals surface area (Å²) in [6, 6.07) is 11.9. The molecule has 0 atom stereocenters. The Morgan fingerprint density at radius 2 is 1.88 bits per heavy atom. The smallest absolute Gasteiger partial charge is 0.253 e.